The van der Waals surface area contributed by atoms with E-state index in [1.165, 1.54) is 35.1 Å². The van der Waals surface area contributed by atoms with E-state index in [4.69, 9.17) is 16.3 Å². The van der Waals surface area contributed by atoms with Crippen molar-refractivity contribution in [1.82, 2.24) is 24.8 Å². The lowest BCUT2D eigenvalue weighted by atomic mass is 9.92. The summed E-state index contributed by atoms with van der Waals surface area (Å²) in [6.07, 6.45) is 2.26. The van der Waals surface area contributed by atoms with Crippen molar-refractivity contribution in [3.05, 3.63) is 64.9 Å². The number of halogens is 4. The summed E-state index contributed by atoms with van der Waals surface area (Å²) in [5.41, 5.74) is -0.766. The molecular weight excluding hydrogens is 631 g/mol. The maximum absolute atomic E-state index is 13.1. The van der Waals surface area contributed by atoms with Crippen molar-refractivity contribution in [3.8, 4) is 11.7 Å². The Labute approximate surface area is 266 Å². The molecule has 5 rings (SSSR count). The average Bonchev–Trinajstić information content (AvgIpc) is 3.49. The van der Waals surface area contributed by atoms with Crippen molar-refractivity contribution in [3.63, 3.8) is 0 Å². The summed E-state index contributed by atoms with van der Waals surface area (Å²) in [6.45, 7) is 5.31. The minimum Gasteiger partial charge on any atom is -0.477 e. The number of ether oxygens (including phenoxy) is 1. The van der Waals surface area contributed by atoms with Crippen LogP contribution >= 0.6 is 11.6 Å². The summed E-state index contributed by atoms with van der Waals surface area (Å²) in [5.74, 6) is 0.0171. The number of aromatic nitrogens is 3. The fourth-order valence-electron chi connectivity index (χ4n) is 5.77. The van der Waals surface area contributed by atoms with E-state index in [0.717, 1.165) is 44.2 Å². The van der Waals surface area contributed by atoms with Crippen molar-refractivity contribution in [2.45, 2.75) is 81.8 Å². The molecule has 45 heavy (non-hydrogen) atoms. The van der Waals surface area contributed by atoms with Gasteiger partial charge in [0.15, 0.2) is 5.82 Å². The predicted octanol–water partition coefficient (Wildman–Crippen LogP) is 6.25. The highest BCUT2D eigenvalue weighted by molar-refractivity contribution is 7.90. The SMILES string of the molecule is CC1(C)CC(CCCCc2cccc(S(=O)(=O)NC(=O)c3ccc(-n4ccc(OCCC5(C(F)(F)F)CC5)n4)nc3Cl)c2)CN1. The number of alkyl halides is 3. The minimum absolute atomic E-state index is 0.0253. The van der Waals surface area contributed by atoms with Crippen LogP contribution in [0.15, 0.2) is 53.6 Å². The summed E-state index contributed by atoms with van der Waals surface area (Å²) in [6, 6.07) is 10.7. The molecule has 3 heterocycles. The second-order valence-electron chi connectivity index (χ2n) is 12.6. The second kappa shape index (κ2) is 12.9. The molecule has 1 saturated heterocycles. The van der Waals surface area contributed by atoms with Gasteiger partial charge in [0.1, 0.15) is 5.15 Å². The first-order chi connectivity index (χ1) is 21.2. The molecule has 14 heteroatoms. The molecule has 1 aliphatic carbocycles. The van der Waals surface area contributed by atoms with Crippen LogP contribution in [0.2, 0.25) is 5.15 Å². The lowest BCUT2D eigenvalue weighted by Crippen LogP contribution is -2.31. The van der Waals surface area contributed by atoms with E-state index in [0.29, 0.717) is 5.92 Å². The molecule has 1 unspecified atom stereocenters. The number of hydrogen-bond donors (Lipinski definition) is 2. The lowest BCUT2D eigenvalue weighted by Gasteiger charge is -2.18. The highest BCUT2D eigenvalue weighted by Gasteiger charge is 2.62. The first-order valence-electron chi connectivity index (χ1n) is 15.0. The number of rotatable bonds is 13. The Kier molecular flexibility index (Phi) is 9.53. The van der Waals surface area contributed by atoms with Gasteiger partial charge in [-0.15, -0.1) is 5.10 Å². The van der Waals surface area contributed by atoms with Crippen LogP contribution in [0, 0.1) is 11.3 Å². The molecule has 2 aromatic heterocycles. The van der Waals surface area contributed by atoms with Crippen LogP contribution in [0.3, 0.4) is 0 Å². The number of nitrogens with zero attached hydrogens (tertiary/aromatic N) is 3. The number of nitrogens with one attached hydrogen (secondary N) is 2. The Bertz CT molecular complexity index is 1640. The molecular formula is C31H37ClF3N5O4S. The minimum atomic E-state index is -4.25. The van der Waals surface area contributed by atoms with E-state index in [9.17, 15) is 26.4 Å². The normalized spacial score (nSPS) is 18.9. The second-order valence-corrected chi connectivity index (χ2v) is 14.7. The van der Waals surface area contributed by atoms with E-state index in [1.807, 2.05) is 6.07 Å². The van der Waals surface area contributed by atoms with Gasteiger partial charge in [0.25, 0.3) is 15.9 Å². The fourth-order valence-corrected chi connectivity index (χ4v) is 7.04. The zero-order valence-corrected chi connectivity index (χ0v) is 26.7. The average molecular weight is 668 g/mol. The number of hydrogen-bond acceptors (Lipinski definition) is 7. The van der Waals surface area contributed by atoms with Crippen molar-refractivity contribution >= 4 is 27.5 Å². The number of pyridine rings is 1. The molecule has 2 fully saturated rings. The van der Waals surface area contributed by atoms with Crippen LogP contribution in [-0.4, -0.2) is 54.0 Å². The van der Waals surface area contributed by atoms with Gasteiger partial charge >= 0.3 is 6.18 Å². The van der Waals surface area contributed by atoms with E-state index >= 15 is 0 Å². The third kappa shape index (κ3) is 8.17. The predicted molar refractivity (Wildman–Crippen MR) is 163 cm³/mol. The van der Waals surface area contributed by atoms with Crippen molar-refractivity contribution in [2.24, 2.45) is 11.3 Å². The molecule has 2 N–H and O–H groups in total. The molecule has 1 atom stereocenters. The Morgan fingerprint density at radius 1 is 1.18 bits per heavy atom. The number of aryl methyl sites for hydroxylation is 1. The highest BCUT2D eigenvalue weighted by Crippen LogP contribution is 2.59. The third-order valence-corrected chi connectivity index (χ3v) is 10.2. The number of benzene rings is 1. The number of unbranched alkanes of at least 4 members (excludes halogenated alkanes) is 1. The van der Waals surface area contributed by atoms with Crippen LogP contribution in [-0.2, 0) is 16.4 Å². The third-order valence-electron chi connectivity index (χ3n) is 8.60. The Balaban J connectivity index is 1.14. The Morgan fingerprint density at radius 2 is 1.96 bits per heavy atom. The molecule has 1 aliphatic heterocycles. The topological polar surface area (TPSA) is 115 Å². The molecule has 0 bridgehead atoms. The van der Waals surface area contributed by atoms with Crippen molar-refractivity contribution < 1.29 is 31.1 Å². The maximum atomic E-state index is 13.1. The Morgan fingerprint density at radius 3 is 2.62 bits per heavy atom. The van der Waals surface area contributed by atoms with Crippen LogP contribution in [0.5, 0.6) is 5.88 Å². The fraction of sp³-hybridized carbons (Fsp3) is 0.516. The monoisotopic (exact) mass is 667 g/mol. The summed E-state index contributed by atoms with van der Waals surface area (Å²) in [4.78, 5) is 17.0. The molecule has 1 amide bonds. The van der Waals surface area contributed by atoms with Crippen molar-refractivity contribution in [1.29, 1.82) is 0 Å². The number of carbonyl (C=O) groups excluding carboxylic acids is 1. The largest absolute Gasteiger partial charge is 0.477 e. The van der Waals surface area contributed by atoms with Gasteiger partial charge in [-0.1, -0.05) is 30.2 Å². The zero-order chi connectivity index (χ0) is 32.5. The first-order valence-corrected chi connectivity index (χ1v) is 16.9. The van der Waals surface area contributed by atoms with E-state index < -0.39 is 27.5 Å². The molecule has 244 valence electrons. The van der Waals surface area contributed by atoms with Gasteiger partial charge in [0, 0.05) is 17.8 Å². The zero-order valence-electron chi connectivity index (χ0n) is 25.2. The summed E-state index contributed by atoms with van der Waals surface area (Å²) in [7, 11) is -4.19. The van der Waals surface area contributed by atoms with E-state index in [-0.39, 0.29) is 58.7 Å². The van der Waals surface area contributed by atoms with Crippen LogP contribution in [0.25, 0.3) is 5.82 Å². The maximum Gasteiger partial charge on any atom is 0.394 e. The van der Waals surface area contributed by atoms with Crippen LogP contribution in [0.1, 0.15) is 74.7 Å². The van der Waals surface area contributed by atoms with Crippen LogP contribution in [0.4, 0.5) is 13.2 Å². The lowest BCUT2D eigenvalue weighted by molar-refractivity contribution is -0.190. The standard InChI is InChI=1S/C31H37ClF3N5O4S/c1-29(2)19-22(20-36-29)7-4-3-6-21-8-5-9-23(18-21)45(42,43)39-28(41)24-10-11-25(37-27(24)32)40-16-12-26(38-40)44-17-15-30(13-14-30)31(33,34)35/h5,8-12,16,18,22,36H,3-4,6-7,13-15,17,19-20H2,1-2H3,(H,39,41). The first kappa shape index (κ1) is 33.2. The van der Waals surface area contributed by atoms with Gasteiger partial charge < -0.3 is 10.1 Å². The number of carbonyl (C=O) groups is 1. The van der Waals surface area contributed by atoms with Crippen molar-refractivity contribution in [2.75, 3.05) is 13.2 Å². The Hall–Kier alpha value is -3.16. The molecule has 3 aromatic rings. The molecule has 0 spiro atoms. The quantitative estimate of drug-likeness (QED) is 0.164. The summed E-state index contributed by atoms with van der Waals surface area (Å²) >= 11 is 6.25. The van der Waals surface area contributed by atoms with Gasteiger partial charge in [-0.3, -0.25) is 4.79 Å². The van der Waals surface area contributed by atoms with Gasteiger partial charge in [0.2, 0.25) is 5.88 Å². The molecule has 1 aromatic carbocycles. The van der Waals surface area contributed by atoms with Gasteiger partial charge in [-0.05, 0) is 101 Å². The number of sulfonamides is 1. The van der Waals surface area contributed by atoms with E-state index in [2.05, 4.69) is 34.0 Å². The summed E-state index contributed by atoms with van der Waals surface area (Å²) < 4.78 is 74.2. The molecule has 0 radical (unpaired) electrons. The molecule has 9 nitrogen and oxygen atoms in total. The highest BCUT2D eigenvalue weighted by atomic mass is 35.5. The van der Waals surface area contributed by atoms with Gasteiger partial charge in [-0.25, -0.2) is 22.8 Å². The van der Waals surface area contributed by atoms with E-state index in [1.54, 1.807) is 12.1 Å². The molecule has 1 saturated carbocycles. The van der Waals surface area contributed by atoms with Crippen LogP contribution < -0.4 is 14.8 Å². The summed E-state index contributed by atoms with van der Waals surface area (Å²) in [5, 5.41) is 7.43. The van der Waals surface area contributed by atoms with Gasteiger partial charge in [0.05, 0.1) is 22.5 Å². The molecule has 2 aliphatic rings. The van der Waals surface area contributed by atoms with Gasteiger partial charge in [-0.2, -0.15) is 13.2 Å². The smallest absolute Gasteiger partial charge is 0.394 e. The number of amides is 1.